The normalized spacial score (nSPS) is 10.4. The molecule has 3 N–H and O–H groups in total. The summed E-state index contributed by atoms with van der Waals surface area (Å²) in [7, 11) is 0. The van der Waals surface area contributed by atoms with Crippen LogP contribution >= 0.6 is 0 Å². The van der Waals surface area contributed by atoms with Crippen molar-refractivity contribution in [2.45, 2.75) is 6.92 Å². The number of rotatable bonds is 3. The smallest absolute Gasteiger partial charge is 0.336 e. The Labute approximate surface area is 118 Å². The van der Waals surface area contributed by atoms with Gasteiger partial charge in [-0.15, -0.1) is 0 Å². The van der Waals surface area contributed by atoms with E-state index < -0.39 is 17.8 Å². The van der Waals surface area contributed by atoms with E-state index in [1.165, 1.54) is 19.1 Å². The van der Waals surface area contributed by atoms with Crippen LogP contribution in [0.25, 0.3) is 11.1 Å². The number of carbonyl (C=O) groups is 2. The number of halogens is 1. The Balaban J connectivity index is 2.90. The highest BCUT2D eigenvalue weighted by Crippen LogP contribution is 2.33. The third kappa shape index (κ3) is 2.55. The van der Waals surface area contributed by atoms with E-state index in [9.17, 15) is 29.3 Å². The largest absolute Gasteiger partial charge is 0.508 e. The average molecular weight is 290 g/mol. The van der Waals surface area contributed by atoms with Gasteiger partial charge in [-0.1, -0.05) is 6.07 Å². The topological polar surface area (TPSA) is 94.8 Å². The number of hydrogen-bond donors (Lipinski definition) is 3. The van der Waals surface area contributed by atoms with Gasteiger partial charge >= 0.3 is 11.9 Å². The minimum Gasteiger partial charge on any atom is -0.508 e. The van der Waals surface area contributed by atoms with Crippen molar-refractivity contribution in [3.63, 3.8) is 0 Å². The van der Waals surface area contributed by atoms with Gasteiger partial charge in [-0.25, -0.2) is 14.0 Å². The average Bonchev–Trinajstić information content (AvgIpc) is 2.37. The fraction of sp³-hybridized carbons (Fsp3) is 0.0667. The molecule has 108 valence electrons. The second-order valence-corrected chi connectivity index (χ2v) is 4.45. The summed E-state index contributed by atoms with van der Waals surface area (Å²) in [6.07, 6.45) is 0. The van der Waals surface area contributed by atoms with E-state index in [2.05, 4.69) is 0 Å². The maximum atomic E-state index is 14.0. The number of hydrogen-bond acceptors (Lipinski definition) is 3. The monoisotopic (exact) mass is 290 g/mol. The minimum atomic E-state index is -1.36. The summed E-state index contributed by atoms with van der Waals surface area (Å²) in [5.41, 5.74) is -0.684. The first-order valence-electron chi connectivity index (χ1n) is 5.92. The number of phenolic OH excluding ortho intramolecular Hbond substituents is 1. The Hall–Kier alpha value is -2.89. The van der Waals surface area contributed by atoms with Crippen molar-refractivity contribution in [1.29, 1.82) is 0 Å². The lowest BCUT2D eigenvalue weighted by Crippen LogP contribution is -2.09. The van der Waals surface area contributed by atoms with Crippen molar-refractivity contribution in [3.05, 3.63) is 52.8 Å². The van der Waals surface area contributed by atoms with Gasteiger partial charge in [-0.05, 0) is 30.7 Å². The molecule has 0 atom stereocenters. The number of aromatic hydroxyl groups is 1. The molecule has 0 heterocycles. The molecule has 2 aromatic rings. The Morgan fingerprint density at radius 1 is 1.05 bits per heavy atom. The van der Waals surface area contributed by atoms with Gasteiger partial charge in [0.25, 0.3) is 0 Å². The molecular weight excluding hydrogens is 279 g/mol. The summed E-state index contributed by atoms with van der Waals surface area (Å²) in [4.78, 5) is 22.7. The molecule has 0 bridgehead atoms. The second-order valence-electron chi connectivity index (χ2n) is 4.45. The van der Waals surface area contributed by atoms with Gasteiger partial charge in [0.1, 0.15) is 11.6 Å². The lowest BCUT2D eigenvalue weighted by Gasteiger charge is -2.13. The van der Waals surface area contributed by atoms with Crippen LogP contribution in [-0.4, -0.2) is 27.3 Å². The van der Waals surface area contributed by atoms with Gasteiger partial charge in [0.05, 0.1) is 11.1 Å². The zero-order chi connectivity index (χ0) is 15.7. The van der Waals surface area contributed by atoms with Crippen LogP contribution in [-0.2, 0) is 0 Å². The van der Waals surface area contributed by atoms with E-state index in [4.69, 9.17) is 0 Å². The third-order valence-electron chi connectivity index (χ3n) is 3.08. The molecule has 0 aromatic heterocycles. The second kappa shape index (κ2) is 5.24. The summed E-state index contributed by atoms with van der Waals surface area (Å²) in [5.74, 6) is -3.94. The highest BCUT2D eigenvalue weighted by Gasteiger charge is 2.24. The molecule has 0 spiro atoms. The predicted molar refractivity (Wildman–Crippen MR) is 72.2 cm³/mol. The lowest BCUT2D eigenvalue weighted by molar-refractivity contribution is 0.0695. The Morgan fingerprint density at radius 2 is 1.71 bits per heavy atom. The number of carboxylic acid groups (broad SMARTS) is 2. The number of aryl methyl sites for hydroxylation is 1. The highest BCUT2D eigenvalue weighted by atomic mass is 19.1. The van der Waals surface area contributed by atoms with Crippen LogP contribution in [0.15, 0.2) is 30.3 Å². The molecule has 0 amide bonds. The van der Waals surface area contributed by atoms with Crippen LogP contribution in [0.5, 0.6) is 5.75 Å². The Bertz CT molecular complexity index is 752. The van der Waals surface area contributed by atoms with Crippen LogP contribution in [0.3, 0.4) is 0 Å². The van der Waals surface area contributed by atoms with E-state index in [0.29, 0.717) is 5.56 Å². The zero-order valence-corrected chi connectivity index (χ0v) is 10.9. The fourth-order valence-electron chi connectivity index (χ4n) is 2.15. The van der Waals surface area contributed by atoms with Crippen molar-refractivity contribution in [2.75, 3.05) is 0 Å². The molecule has 0 radical (unpaired) electrons. The molecule has 2 rings (SSSR count). The van der Waals surface area contributed by atoms with Gasteiger partial charge < -0.3 is 15.3 Å². The third-order valence-corrected chi connectivity index (χ3v) is 3.08. The fourth-order valence-corrected chi connectivity index (χ4v) is 2.15. The number of carboxylic acids is 2. The van der Waals surface area contributed by atoms with Crippen LogP contribution < -0.4 is 0 Å². The van der Waals surface area contributed by atoms with Gasteiger partial charge in [-0.3, -0.25) is 0 Å². The van der Waals surface area contributed by atoms with E-state index in [1.807, 2.05) is 0 Å². The Kier molecular flexibility index (Phi) is 3.62. The van der Waals surface area contributed by atoms with Crippen LogP contribution in [0.4, 0.5) is 4.39 Å². The maximum Gasteiger partial charge on any atom is 0.336 e. The van der Waals surface area contributed by atoms with Crippen molar-refractivity contribution >= 4 is 11.9 Å². The summed E-state index contributed by atoms with van der Waals surface area (Å²) in [6, 6.07) is 5.70. The number of phenols is 1. The van der Waals surface area contributed by atoms with Gasteiger partial charge in [0.15, 0.2) is 0 Å². The van der Waals surface area contributed by atoms with E-state index >= 15 is 0 Å². The number of benzene rings is 2. The zero-order valence-electron chi connectivity index (χ0n) is 10.9. The van der Waals surface area contributed by atoms with Gasteiger partial charge in [0.2, 0.25) is 0 Å². The molecule has 2 aromatic carbocycles. The predicted octanol–water partition coefficient (Wildman–Crippen LogP) is 2.90. The van der Waals surface area contributed by atoms with Crippen LogP contribution in [0.2, 0.25) is 0 Å². The van der Waals surface area contributed by atoms with Crippen LogP contribution in [0.1, 0.15) is 26.3 Å². The van der Waals surface area contributed by atoms with E-state index in [-0.39, 0.29) is 28.0 Å². The lowest BCUT2D eigenvalue weighted by atomic mass is 9.91. The molecule has 0 aliphatic heterocycles. The maximum absolute atomic E-state index is 14.0. The quantitative estimate of drug-likeness (QED) is 0.808. The van der Waals surface area contributed by atoms with Crippen LogP contribution in [0, 0.1) is 12.7 Å². The standard InChI is InChI=1S/C15H11FO5/c1-7-2-4-10(14(18)19)13(12(7)15(20)21)9-5-3-8(17)6-11(9)16/h2-6,17H,1H3,(H,18,19)(H,20,21). The molecule has 0 saturated heterocycles. The summed E-state index contributed by atoms with van der Waals surface area (Å²) >= 11 is 0. The molecule has 21 heavy (non-hydrogen) atoms. The molecule has 0 aliphatic carbocycles. The number of aromatic carboxylic acids is 2. The minimum absolute atomic E-state index is 0.189. The molecule has 0 saturated carbocycles. The van der Waals surface area contributed by atoms with Crippen molar-refractivity contribution < 1.29 is 29.3 Å². The summed E-state index contributed by atoms with van der Waals surface area (Å²) < 4.78 is 14.0. The summed E-state index contributed by atoms with van der Waals surface area (Å²) in [6.45, 7) is 1.50. The molecule has 5 nitrogen and oxygen atoms in total. The van der Waals surface area contributed by atoms with E-state index in [0.717, 1.165) is 18.2 Å². The van der Waals surface area contributed by atoms with Crippen molar-refractivity contribution in [2.24, 2.45) is 0 Å². The van der Waals surface area contributed by atoms with E-state index in [1.54, 1.807) is 0 Å². The first-order valence-corrected chi connectivity index (χ1v) is 5.92. The van der Waals surface area contributed by atoms with Gasteiger partial charge in [0, 0.05) is 17.2 Å². The van der Waals surface area contributed by atoms with Crippen molar-refractivity contribution in [3.8, 4) is 16.9 Å². The van der Waals surface area contributed by atoms with Gasteiger partial charge in [-0.2, -0.15) is 0 Å². The summed E-state index contributed by atoms with van der Waals surface area (Å²) in [5, 5.41) is 27.7. The SMILES string of the molecule is Cc1ccc(C(=O)O)c(-c2ccc(O)cc2F)c1C(=O)O. The highest BCUT2D eigenvalue weighted by molar-refractivity contribution is 6.05. The Morgan fingerprint density at radius 3 is 2.24 bits per heavy atom. The molecule has 0 aliphatic rings. The molecule has 0 fully saturated rings. The molecule has 6 heteroatoms. The first-order chi connectivity index (χ1) is 9.82. The molecular formula is C15H11FO5. The molecule has 0 unspecified atom stereocenters. The van der Waals surface area contributed by atoms with Crippen molar-refractivity contribution in [1.82, 2.24) is 0 Å². The first kappa shape index (κ1) is 14.5.